The lowest BCUT2D eigenvalue weighted by molar-refractivity contribution is 0.199. The zero-order valence-electron chi connectivity index (χ0n) is 11.9. The highest BCUT2D eigenvalue weighted by molar-refractivity contribution is 9.10. The smallest absolute Gasteiger partial charge is 0.0762 e. The minimum atomic E-state index is -0.407. The Bertz CT molecular complexity index is 413. The molecule has 0 bridgehead atoms. The van der Waals surface area contributed by atoms with Gasteiger partial charge in [-0.15, -0.1) is 0 Å². The quantitative estimate of drug-likeness (QED) is 0.870. The van der Waals surface area contributed by atoms with Crippen LogP contribution in [0.15, 0.2) is 22.7 Å². The first-order valence-corrected chi connectivity index (χ1v) is 8.17. The maximum absolute atomic E-state index is 9.65. The molecule has 106 valence electrons. The van der Waals surface area contributed by atoms with Gasteiger partial charge in [0.15, 0.2) is 0 Å². The summed E-state index contributed by atoms with van der Waals surface area (Å²) in [6.45, 7) is 5.07. The molecule has 2 nitrogen and oxygen atoms in total. The summed E-state index contributed by atoms with van der Waals surface area (Å²) >= 11 is 3.67. The van der Waals surface area contributed by atoms with E-state index in [2.05, 4.69) is 33.8 Å². The number of hydrogen-bond acceptors (Lipinski definition) is 2. The molecule has 3 heteroatoms. The minimum Gasteiger partial charge on any atom is -0.389 e. The Morgan fingerprint density at radius 2 is 2.00 bits per heavy atom. The third-order valence-electron chi connectivity index (χ3n) is 4.12. The number of hydrogen-bond donors (Lipinski definition) is 1. The second kappa shape index (κ2) is 6.76. The summed E-state index contributed by atoms with van der Waals surface area (Å²) in [5, 5.41) is 9.65. The Balaban J connectivity index is 2.22. The molecular weight excluding hydrogens is 302 g/mol. The molecule has 1 aromatic carbocycles. The predicted octanol–water partition coefficient (Wildman–Crippen LogP) is 4.66. The predicted molar refractivity (Wildman–Crippen MR) is 84.7 cm³/mol. The molecule has 0 aromatic heterocycles. The number of rotatable bonds is 4. The van der Waals surface area contributed by atoms with Crippen LogP contribution in [-0.2, 0) is 0 Å². The second-order valence-corrected chi connectivity index (χ2v) is 6.32. The largest absolute Gasteiger partial charge is 0.389 e. The van der Waals surface area contributed by atoms with Crippen molar-refractivity contribution in [1.29, 1.82) is 0 Å². The lowest BCUT2D eigenvalue weighted by Gasteiger charge is -2.36. The standard InChI is InChI=1S/C16H24BrNO/c1-3-18(14-7-5-4-6-8-14)16-10-9-13(12(2)19)11-15(16)17/h9-12,14,19H,3-8H2,1-2H3/t12-/m0/s1. The molecule has 0 unspecified atom stereocenters. The summed E-state index contributed by atoms with van der Waals surface area (Å²) in [7, 11) is 0. The van der Waals surface area contributed by atoms with Crippen LogP contribution >= 0.6 is 15.9 Å². The van der Waals surface area contributed by atoms with E-state index < -0.39 is 6.10 Å². The first-order valence-electron chi connectivity index (χ1n) is 7.37. The van der Waals surface area contributed by atoms with Gasteiger partial charge in [-0.3, -0.25) is 0 Å². The fraction of sp³-hybridized carbons (Fsp3) is 0.625. The molecular formula is C16H24BrNO. The van der Waals surface area contributed by atoms with E-state index in [0.717, 1.165) is 16.6 Å². The molecule has 0 saturated heterocycles. The number of nitrogens with zero attached hydrogens (tertiary/aromatic N) is 1. The summed E-state index contributed by atoms with van der Waals surface area (Å²) in [5.74, 6) is 0. The third-order valence-corrected chi connectivity index (χ3v) is 4.75. The van der Waals surface area contributed by atoms with E-state index in [1.54, 1.807) is 6.92 Å². The first kappa shape index (κ1) is 14.9. The topological polar surface area (TPSA) is 23.5 Å². The van der Waals surface area contributed by atoms with Crippen LogP contribution in [0.2, 0.25) is 0 Å². The Hall–Kier alpha value is -0.540. The Labute approximate surface area is 124 Å². The van der Waals surface area contributed by atoms with Crippen LogP contribution in [0.4, 0.5) is 5.69 Å². The highest BCUT2D eigenvalue weighted by Crippen LogP contribution is 2.33. The Morgan fingerprint density at radius 3 is 2.53 bits per heavy atom. The number of halogens is 1. The summed E-state index contributed by atoms with van der Waals surface area (Å²) in [5.41, 5.74) is 2.23. The molecule has 0 spiro atoms. The molecule has 0 heterocycles. The van der Waals surface area contributed by atoms with Gasteiger partial charge < -0.3 is 10.0 Å². The van der Waals surface area contributed by atoms with Gasteiger partial charge in [0, 0.05) is 17.1 Å². The van der Waals surface area contributed by atoms with Crippen LogP contribution in [0.1, 0.15) is 57.6 Å². The Kier molecular flexibility index (Phi) is 5.28. The lowest BCUT2D eigenvalue weighted by atomic mass is 9.93. The van der Waals surface area contributed by atoms with Crippen molar-refractivity contribution in [2.45, 2.75) is 58.1 Å². The SMILES string of the molecule is CCN(c1ccc([C@H](C)O)cc1Br)C1CCCCC1. The fourth-order valence-electron chi connectivity index (χ4n) is 3.03. The lowest BCUT2D eigenvalue weighted by Crippen LogP contribution is -2.36. The van der Waals surface area contributed by atoms with E-state index in [1.807, 2.05) is 12.1 Å². The average molecular weight is 326 g/mol. The molecule has 1 aliphatic carbocycles. The molecule has 1 aromatic rings. The molecule has 1 saturated carbocycles. The molecule has 1 atom stereocenters. The molecule has 2 rings (SSSR count). The number of aliphatic hydroxyl groups excluding tert-OH is 1. The minimum absolute atomic E-state index is 0.407. The van der Waals surface area contributed by atoms with Gasteiger partial charge in [0.25, 0.3) is 0 Å². The van der Waals surface area contributed by atoms with Crippen LogP contribution in [0, 0.1) is 0 Å². The molecule has 0 aliphatic heterocycles. The maximum Gasteiger partial charge on any atom is 0.0762 e. The number of aliphatic hydroxyl groups is 1. The van der Waals surface area contributed by atoms with Gasteiger partial charge in [-0.2, -0.15) is 0 Å². The normalized spacial score (nSPS) is 18.3. The van der Waals surface area contributed by atoms with E-state index in [4.69, 9.17) is 0 Å². The molecule has 1 aliphatic rings. The van der Waals surface area contributed by atoms with Crippen molar-refractivity contribution in [1.82, 2.24) is 0 Å². The van der Waals surface area contributed by atoms with Gasteiger partial charge in [-0.1, -0.05) is 25.3 Å². The zero-order valence-corrected chi connectivity index (χ0v) is 13.5. The zero-order chi connectivity index (χ0) is 13.8. The third kappa shape index (κ3) is 3.51. The highest BCUT2D eigenvalue weighted by Gasteiger charge is 2.21. The van der Waals surface area contributed by atoms with Gasteiger partial charge in [0.2, 0.25) is 0 Å². The van der Waals surface area contributed by atoms with Crippen molar-refractivity contribution >= 4 is 21.6 Å². The molecule has 1 fully saturated rings. The molecule has 0 radical (unpaired) electrons. The maximum atomic E-state index is 9.65. The summed E-state index contributed by atoms with van der Waals surface area (Å²) in [4.78, 5) is 2.51. The molecule has 0 amide bonds. The van der Waals surface area contributed by atoms with Crippen LogP contribution < -0.4 is 4.90 Å². The monoisotopic (exact) mass is 325 g/mol. The van der Waals surface area contributed by atoms with Gasteiger partial charge in [0.1, 0.15) is 0 Å². The van der Waals surface area contributed by atoms with Crippen LogP contribution in [0.3, 0.4) is 0 Å². The highest BCUT2D eigenvalue weighted by atomic mass is 79.9. The average Bonchev–Trinajstić information content (AvgIpc) is 2.42. The van der Waals surface area contributed by atoms with Crippen LogP contribution in [0.25, 0.3) is 0 Å². The summed E-state index contributed by atoms with van der Waals surface area (Å²) < 4.78 is 1.10. The van der Waals surface area contributed by atoms with Gasteiger partial charge >= 0.3 is 0 Å². The second-order valence-electron chi connectivity index (χ2n) is 5.46. The van der Waals surface area contributed by atoms with Crippen molar-refractivity contribution in [2.75, 3.05) is 11.4 Å². The summed E-state index contributed by atoms with van der Waals surface area (Å²) in [6.07, 6.45) is 6.29. The van der Waals surface area contributed by atoms with E-state index >= 15 is 0 Å². The van der Waals surface area contributed by atoms with Gasteiger partial charge in [-0.05, 0) is 60.3 Å². The van der Waals surface area contributed by atoms with E-state index in [0.29, 0.717) is 6.04 Å². The molecule has 1 N–H and O–H groups in total. The van der Waals surface area contributed by atoms with E-state index in [1.165, 1.54) is 37.8 Å². The number of benzene rings is 1. The van der Waals surface area contributed by atoms with Crippen molar-refractivity contribution in [3.8, 4) is 0 Å². The van der Waals surface area contributed by atoms with Crippen LogP contribution in [0.5, 0.6) is 0 Å². The van der Waals surface area contributed by atoms with Crippen molar-refractivity contribution in [3.05, 3.63) is 28.2 Å². The van der Waals surface area contributed by atoms with Crippen molar-refractivity contribution < 1.29 is 5.11 Å². The number of anilines is 1. The Morgan fingerprint density at radius 1 is 1.32 bits per heavy atom. The van der Waals surface area contributed by atoms with Crippen molar-refractivity contribution in [3.63, 3.8) is 0 Å². The van der Waals surface area contributed by atoms with Crippen molar-refractivity contribution in [2.24, 2.45) is 0 Å². The van der Waals surface area contributed by atoms with Crippen LogP contribution in [-0.4, -0.2) is 17.7 Å². The van der Waals surface area contributed by atoms with Gasteiger partial charge in [0.05, 0.1) is 11.8 Å². The van der Waals surface area contributed by atoms with E-state index in [-0.39, 0.29) is 0 Å². The van der Waals surface area contributed by atoms with Gasteiger partial charge in [-0.25, -0.2) is 0 Å². The first-order chi connectivity index (χ1) is 9.13. The summed E-state index contributed by atoms with van der Waals surface area (Å²) in [6, 6.07) is 6.90. The molecule has 19 heavy (non-hydrogen) atoms. The fourth-order valence-corrected chi connectivity index (χ4v) is 3.66. The van der Waals surface area contributed by atoms with E-state index in [9.17, 15) is 5.11 Å².